The molecule has 32 heavy (non-hydrogen) atoms. The van der Waals surface area contributed by atoms with Gasteiger partial charge >= 0.3 is 0 Å². The molecule has 9 heteroatoms. The first-order chi connectivity index (χ1) is 15.6. The minimum atomic E-state index is -1.30. The normalized spacial score (nSPS) is 15.8. The molecule has 0 amide bonds. The molecule has 1 saturated heterocycles. The second kappa shape index (κ2) is 8.59. The van der Waals surface area contributed by atoms with Crippen LogP contribution in [0.5, 0.6) is 0 Å². The first-order valence-electron chi connectivity index (χ1n) is 10.4. The van der Waals surface area contributed by atoms with E-state index >= 15 is 0 Å². The number of aromatic nitrogens is 4. The minimum absolute atomic E-state index is 0.580. The highest BCUT2D eigenvalue weighted by Gasteiger charge is 2.23. The number of fused-ring (bicyclic) bond motifs is 1. The number of hydrogen-bond donors (Lipinski definition) is 4. The third-order valence-corrected chi connectivity index (χ3v) is 6.34. The predicted molar refractivity (Wildman–Crippen MR) is 127 cm³/mol. The molecule has 4 N–H and O–H groups in total. The van der Waals surface area contributed by atoms with Crippen LogP contribution >= 0.6 is 11.3 Å². The van der Waals surface area contributed by atoms with Gasteiger partial charge in [-0.1, -0.05) is 11.8 Å². The van der Waals surface area contributed by atoms with Gasteiger partial charge in [0, 0.05) is 49.5 Å². The number of nitrogens with one attached hydrogen (secondary N) is 3. The summed E-state index contributed by atoms with van der Waals surface area (Å²) in [5, 5.41) is 20.9. The van der Waals surface area contributed by atoms with Crippen LogP contribution in [-0.4, -0.2) is 51.2 Å². The van der Waals surface area contributed by atoms with Gasteiger partial charge in [-0.25, -0.2) is 15.0 Å². The first kappa shape index (κ1) is 20.5. The van der Waals surface area contributed by atoms with Crippen LogP contribution in [0.1, 0.15) is 17.5 Å². The molecule has 1 aliphatic heterocycles. The molecule has 1 aromatic carbocycles. The second-order valence-corrected chi connectivity index (χ2v) is 8.61. The van der Waals surface area contributed by atoms with E-state index in [1.54, 1.807) is 19.4 Å². The largest absolute Gasteiger partial charge is 0.371 e. The van der Waals surface area contributed by atoms with E-state index in [0.717, 1.165) is 60.0 Å². The summed E-state index contributed by atoms with van der Waals surface area (Å²) in [6.07, 6.45) is 5.06. The molecule has 3 aromatic heterocycles. The van der Waals surface area contributed by atoms with Crippen molar-refractivity contribution in [3.05, 3.63) is 58.9 Å². The summed E-state index contributed by atoms with van der Waals surface area (Å²) >= 11 is 1.39. The molecule has 4 heterocycles. The van der Waals surface area contributed by atoms with Crippen molar-refractivity contribution < 1.29 is 5.11 Å². The number of rotatable bonds is 4. The maximum absolute atomic E-state index is 10.7. The van der Waals surface area contributed by atoms with Crippen molar-refractivity contribution in [1.29, 1.82) is 0 Å². The Morgan fingerprint density at radius 1 is 1.19 bits per heavy atom. The maximum atomic E-state index is 10.7. The molecule has 1 unspecified atom stereocenters. The van der Waals surface area contributed by atoms with Gasteiger partial charge in [0.15, 0.2) is 5.60 Å². The zero-order valence-corrected chi connectivity index (χ0v) is 18.4. The van der Waals surface area contributed by atoms with Crippen molar-refractivity contribution in [1.82, 2.24) is 25.3 Å². The van der Waals surface area contributed by atoms with Gasteiger partial charge in [-0.2, -0.15) is 0 Å². The maximum Gasteiger partial charge on any atom is 0.174 e. The fourth-order valence-electron chi connectivity index (χ4n) is 3.71. The first-order valence-corrected chi connectivity index (χ1v) is 11.3. The second-order valence-electron chi connectivity index (χ2n) is 7.72. The Balaban J connectivity index is 1.52. The van der Waals surface area contributed by atoms with Crippen LogP contribution in [0.25, 0.3) is 11.0 Å². The van der Waals surface area contributed by atoms with E-state index in [1.807, 2.05) is 29.8 Å². The molecule has 1 aliphatic rings. The highest BCUT2D eigenvalue weighted by atomic mass is 32.1. The fourth-order valence-corrected chi connectivity index (χ4v) is 4.36. The summed E-state index contributed by atoms with van der Waals surface area (Å²) in [6, 6.07) is 8.02. The summed E-state index contributed by atoms with van der Waals surface area (Å²) in [4.78, 5) is 18.4. The predicted octanol–water partition coefficient (Wildman–Crippen LogP) is 2.83. The van der Waals surface area contributed by atoms with Gasteiger partial charge in [0.2, 0.25) is 0 Å². The van der Waals surface area contributed by atoms with Gasteiger partial charge in [0.25, 0.3) is 0 Å². The van der Waals surface area contributed by atoms with E-state index in [1.165, 1.54) is 11.3 Å². The lowest BCUT2D eigenvalue weighted by molar-refractivity contribution is 0.122. The summed E-state index contributed by atoms with van der Waals surface area (Å²) in [6.45, 7) is 5.38. The Kier molecular flexibility index (Phi) is 5.49. The average Bonchev–Trinajstić information content (AvgIpc) is 3.52. The fraction of sp³-hybridized carbons (Fsp3) is 0.261. The van der Waals surface area contributed by atoms with Crippen LogP contribution in [-0.2, 0) is 5.60 Å². The number of nitrogens with zero attached hydrogens (tertiary/aromatic N) is 4. The van der Waals surface area contributed by atoms with E-state index in [9.17, 15) is 5.11 Å². The van der Waals surface area contributed by atoms with E-state index < -0.39 is 5.60 Å². The number of anilines is 3. The van der Waals surface area contributed by atoms with Gasteiger partial charge in [0.05, 0.1) is 16.8 Å². The van der Waals surface area contributed by atoms with Gasteiger partial charge in [-0.3, -0.25) is 0 Å². The van der Waals surface area contributed by atoms with E-state index in [2.05, 4.69) is 53.4 Å². The average molecular weight is 446 g/mol. The quantitative estimate of drug-likeness (QED) is 0.358. The van der Waals surface area contributed by atoms with Crippen LogP contribution in [0.4, 0.5) is 17.2 Å². The third kappa shape index (κ3) is 4.16. The molecule has 1 fully saturated rings. The van der Waals surface area contributed by atoms with Crippen LogP contribution in [0.2, 0.25) is 0 Å². The van der Waals surface area contributed by atoms with Crippen molar-refractivity contribution in [3.63, 3.8) is 0 Å². The molecule has 8 nitrogen and oxygen atoms in total. The Morgan fingerprint density at radius 2 is 2.06 bits per heavy atom. The number of benzene rings is 1. The molecule has 162 valence electrons. The van der Waals surface area contributed by atoms with Gasteiger partial charge in [0.1, 0.15) is 22.8 Å². The molecule has 0 bridgehead atoms. The van der Waals surface area contributed by atoms with Crippen molar-refractivity contribution >= 4 is 39.6 Å². The van der Waals surface area contributed by atoms with Crippen molar-refractivity contribution in [2.75, 3.05) is 36.4 Å². The van der Waals surface area contributed by atoms with Gasteiger partial charge in [-0.15, -0.1) is 11.3 Å². The standard InChI is InChI=1S/C23H23N7OS/c1-23(31,22-26-10-13-32-22)6-4-16-2-3-19(30-11-8-24-9-12-30)18(14-16)29-21-17-5-7-25-20(17)27-15-28-21/h2-3,5,7,10,13-15,24,31H,8-9,11-12H2,1H3,(H2,25,27,28,29). The number of aromatic amines is 1. The van der Waals surface area contributed by atoms with Crippen LogP contribution < -0.4 is 15.5 Å². The highest BCUT2D eigenvalue weighted by Crippen LogP contribution is 2.32. The zero-order chi connectivity index (χ0) is 22.0. The smallest absolute Gasteiger partial charge is 0.174 e. The number of thiazole rings is 1. The summed E-state index contributed by atoms with van der Waals surface area (Å²) in [7, 11) is 0. The van der Waals surface area contributed by atoms with Gasteiger partial charge in [-0.05, 0) is 31.2 Å². The lowest BCUT2D eigenvalue weighted by atomic mass is 10.1. The zero-order valence-electron chi connectivity index (χ0n) is 17.6. The Hall–Kier alpha value is -3.45. The molecule has 5 rings (SSSR count). The molecule has 0 spiro atoms. The molecule has 1 atom stereocenters. The molecular formula is C23H23N7OS. The topological polar surface area (TPSA) is 102 Å². The lowest BCUT2D eigenvalue weighted by Crippen LogP contribution is -2.43. The summed E-state index contributed by atoms with van der Waals surface area (Å²) in [5.74, 6) is 6.81. The molecular weight excluding hydrogens is 422 g/mol. The number of aliphatic hydroxyl groups is 1. The Bertz CT molecular complexity index is 1280. The molecule has 0 radical (unpaired) electrons. The number of H-pyrrole nitrogens is 1. The molecule has 0 aliphatic carbocycles. The summed E-state index contributed by atoms with van der Waals surface area (Å²) in [5.41, 5.74) is 2.27. The van der Waals surface area contributed by atoms with Crippen molar-refractivity contribution in [2.45, 2.75) is 12.5 Å². The van der Waals surface area contributed by atoms with Crippen LogP contribution in [0.15, 0.2) is 48.4 Å². The number of piperazine rings is 1. The lowest BCUT2D eigenvalue weighted by Gasteiger charge is -2.31. The van der Waals surface area contributed by atoms with Crippen molar-refractivity contribution in [2.24, 2.45) is 0 Å². The SMILES string of the molecule is CC(O)(C#Cc1ccc(N2CCNCC2)c(Nc2ncnc3[nH]ccc23)c1)c1nccs1. The number of hydrogen-bond acceptors (Lipinski definition) is 8. The van der Waals surface area contributed by atoms with Crippen LogP contribution in [0.3, 0.4) is 0 Å². The van der Waals surface area contributed by atoms with Crippen molar-refractivity contribution in [3.8, 4) is 11.8 Å². The minimum Gasteiger partial charge on any atom is -0.371 e. The highest BCUT2D eigenvalue weighted by molar-refractivity contribution is 7.09. The van der Waals surface area contributed by atoms with E-state index in [-0.39, 0.29) is 0 Å². The Labute approximate surface area is 189 Å². The van der Waals surface area contributed by atoms with E-state index in [0.29, 0.717) is 5.01 Å². The summed E-state index contributed by atoms with van der Waals surface area (Å²) < 4.78 is 0. The van der Waals surface area contributed by atoms with E-state index in [4.69, 9.17) is 0 Å². The molecule has 0 saturated carbocycles. The Morgan fingerprint density at radius 3 is 2.88 bits per heavy atom. The van der Waals surface area contributed by atoms with Crippen LogP contribution in [0, 0.1) is 11.8 Å². The third-order valence-electron chi connectivity index (χ3n) is 5.36. The molecule has 4 aromatic rings. The van der Waals surface area contributed by atoms with Gasteiger partial charge < -0.3 is 25.6 Å². The monoisotopic (exact) mass is 445 g/mol.